The molecule has 1 aliphatic heterocycles. The first kappa shape index (κ1) is 23.3. The maximum Gasteiger partial charge on any atom is 0.254 e. The Balaban J connectivity index is 1.49. The van der Waals surface area contributed by atoms with E-state index in [2.05, 4.69) is 20.0 Å². The summed E-state index contributed by atoms with van der Waals surface area (Å²) < 4.78 is 40.3. The Bertz CT molecular complexity index is 1480. The molecule has 0 amide bonds. The number of hydrogen-bond acceptors (Lipinski definition) is 8. The van der Waals surface area contributed by atoms with E-state index in [4.69, 9.17) is 21.1 Å². The van der Waals surface area contributed by atoms with E-state index in [1.54, 1.807) is 43.1 Å². The van der Waals surface area contributed by atoms with Crippen LogP contribution in [0.1, 0.15) is 0 Å². The van der Waals surface area contributed by atoms with Crippen molar-refractivity contribution in [3.63, 3.8) is 0 Å². The van der Waals surface area contributed by atoms with E-state index >= 15 is 0 Å². The lowest BCUT2D eigenvalue weighted by Crippen LogP contribution is -2.49. The number of rotatable bonds is 6. The monoisotopic (exact) mass is 514 g/mol. The molecule has 0 unspecified atom stereocenters. The molecule has 0 radical (unpaired) electrons. The number of halogens is 1. The van der Waals surface area contributed by atoms with Crippen LogP contribution in [0, 0.1) is 0 Å². The van der Waals surface area contributed by atoms with E-state index in [0.717, 1.165) is 16.9 Å². The standard InChI is InChI=1S/C23H23ClN6O4S/c1-33-20-7-6-16(12-21(20)34-2)19-14-25-23-26-15-27-30(23)22(19)28-8-10-29(11-9-28)35(31,32)18-5-3-4-17(24)13-18/h3-7,12-15H,8-11H2,1-2H3. The van der Waals surface area contributed by atoms with E-state index in [-0.39, 0.29) is 4.90 Å². The highest BCUT2D eigenvalue weighted by Gasteiger charge is 2.31. The van der Waals surface area contributed by atoms with Crippen LogP contribution in [0.3, 0.4) is 0 Å². The summed E-state index contributed by atoms with van der Waals surface area (Å²) in [5, 5.41) is 4.76. The highest BCUT2D eigenvalue weighted by Crippen LogP contribution is 2.37. The zero-order chi connectivity index (χ0) is 24.6. The van der Waals surface area contributed by atoms with Crippen molar-refractivity contribution in [3.05, 3.63) is 60.0 Å². The topological polar surface area (TPSA) is 102 Å². The molecule has 0 N–H and O–H groups in total. The molecule has 0 aliphatic carbocycles. The van der Waals surface area contributed by atoms with Crippen LogP contribution in [0.4, 0.5) is 5.82 Å². The first-order valence-corrected chi connectivity index (χ1v) is 12.7. The Kier molecular flexibility index (Phi) is 6.22. The molecule has 5 rings (SSSR count). The van der Waals surface area contributed by atoms with Crippen molar-refractivity contribution >= 4 is 33.2 Å². The molecule has 12 heteroatoms. The van der Waals surface area contributed by atoms with Crippen molar-refractivity contribution in [1.29, 1.82) is 0 Å². The molecule has 0 spiro atoms. The molecule has 1 fully saturated rings. The summed E-state index contributed by atoms with van der Waals surface area (Å²) >= 11 is 6.02. The first-order valence-electron chi connectivity index (χ1n) is 10.8. The lowest BCUT2D eigenvalue weighted by Gasteiger charge is -2.36. The Morgan fingerprint density at radius 1 is 0.943 bits per heavy atom. The van der Waals surface area contributed by atoms with Gasteiger partial charge in [0.25, 0.3) is 5.78 Å². The molecule has 0 atom stereocenters. The maximum atomic E-state index is 13.2. The quantitative estimate of drug-likeness (QED) is 0.387. The summed E-state index contributed by atoms with van der Waals surface area (Å²) in [5.41, 5.74) is 1.67. The third-order valence-corrected chi connectivity index (χ3v) is 8.08. The fraction of sp³-hybridized carbons (Fsp3) is 0.261. The summed E-state index contributed by atoms with van der Waals surface area (Å²) in [5.74, 6) is 2.44. The lowest BCUT2D eigenvalue weighted by atomic mass is 10.1. The molecular formula is C23H23ClN6O4S. The molecule has 0 saturated carbocycles. The maximum absolute atomic E-state index is 13.2. The van der Waals surface area contributed by atoms with Gasteiger partial charge in [0.1, 0.15) is 12.1 Å². The molecule has 10 nitrogen and oxygen atoms in total. The van der Waals surface area contributed by atoms with Gasteiger partial charge in [0.05, 0.1) is 19.1 Å². The fourth-order valence-electron chi connectivity index (χ4n) is 4.20. The van der Waals surface area contributed by atoms with Crippen LogP contribution in [-0.2, 0) is 10.0 Å². The van der Waals surface area contributed by atoms with Gasteiger partial charge in [-0.1, -0.05) is 23.7 Å². The number of methoxy groups -OCH3 is 2. The van der Waals surface area contributed by atoms with E-state index in [0.29, 0.717) is 48.5 Å². The zero-order valence-corrected chi connectivity index (χ0v) is 20.7. The molecule has 4 aromatic rings. The molecule has 1 saturated heterocycles. The number of benzene rings is 2. The van der Waals surface area contributed by atoms with Gasteiger partial charge >= 0.3 is 0 Å². The van der Waals surface area contributed by atoms with Gasteiger partial charge in [-0.2, -0.15) is 18.9 Å². The van der Waals surface area contributed by atoms with E-state index in [1.807, 2.05) is 18.2 Å². The van der Waals surface area contributed by atoms with Crippen molar-refractivity contribution in [2.45, 2.75) is 4.90 Å². The van der Waals surface area contributed by atoms with E-state index in [1.165, 1.54) is 16.7 Å². The number of ether oxygens (including phenoxy) is 2. The number of nitrogens with zero attached hydrogens (tertiary/aromatic N) is 6. The second kappa shape index (κ2) is 9.33. The smallest absolute Gasteiger partial charge is 0.254 e. The first-order chi connectivity index (χ1) is 16.9. The predicted octanol–water partition coefficient (Wildman–Crippen LogP) is 2.97. The minimum absolute atomic E-state index is 0.187. The Morgan fingerprint density at radius 3 is 2.43 bits per heavy atom. The van der Waals surface area contributed by atoms with Gasteiger partial charge in [-0.25, -0.2) is 13.4 Å². The van der Waals surface area contributed by atoms with Crippen LogP contribution in [0.5, 0.6) is 11.5 Å². The summed E-state index contributed by atoms with van der Waals surface area (Å²) in [6, 6.07) is 12.0. The molecule has 182 valence electrons. The van der Waals surface area contributed by atoms with Crippen molar-refractivity contribution in [2.75, 3.05) is 45.3 Å². The lowest BCUT2D eigenvalue weighted by molar-refractivity contribution is 0.355. The third-order valence-electron chi connectivity index (χ3n) is 5.95. The van der Waals surface area contributed by atoms with Gasteiger partial charge in [-0.05, 0) is 35.9 Å². The zero-order valence-electron chi connectivity index (χ0n) is 19.1. The predicted molar refractivity (Wildman–Crippen MR) is 132 cm³/mol. The van der Waals surface area contributed by atoms with Crippen molar-refractivity contribution < 1.29 is 17.9 Å². The Labute approximate surface area is 207 Å². The van der Waals surface area contributed by atoms with Gasteiger partial charge < -0.3 is 14.4 Å². The Morgan fingerprint density at radius 2 is 1.71 bits per heavy atom. The molecule has 3 heterocycles. The second-order valence-electron chi connectivity index (χ2n) is 7.89. The average Bonchev–Trinajstić information content (AvgIpc) is 3.37. The Hall–Kier alpha value is -3.41. The minimum atomic E-state index is -3.66. The molecule has 2 aromatic heterocycles. The average molecular weight is 515 g/mol. The number of hydrogen-bond donors (Lipinski definition) is 0. The van der Waals surface area contributed by atoms with E-state index in [9.17, 15) is 8.42 Å². The molecule has 0 bridgehead atoms. The van der Waals surface area contributed by atoms with Gasteiger partial charge in [-0.15, -0.1) is 0 Å². The number of aromatic nitrogens is 4. The molecule has 2 aromatic carbocycles. The van der Waals surface area contributed by atoms with Gasteiger partial charge in [-0.3, -0.25) is 0 Å². The van der Waals surface area contributed by atoms with E-state index < -0.39 is 10.0 Å². The normalized spacial score (nSPS) is 14.9. The number of piperazine rings is 1. The molecule has 1 aliphatic rings. The number of sulfonamides is 1. The van der Waals surface area contributed by atoms with Crippen molar-refractivity contribution in [1.82, 2.24) is 23.9 Å². The van der Waals surface area contributed by atoms with Crippen LogP contribution in [0.15, 0.2) is 59.9 Å². The van der Waals surface area contributed by atoms with Crippen LogP contribution in [-0.4, -0.2) is 72.7 Å². The van der Waals surface area contributed by atoms with Crippen molar-refractivity contribution in [3.8, 4) is 22.6 Å². The summed E-state index contributed by atoms with van der Waals surface area (Å²) in [7, 11) is -0.486. The summed E-state index contributed by atoms with van der Waals surface area (Å²) in [6.45, 7) is 1.52. The highest BCUT2D eigenvalue weighted by molar-refractivity contribution is 7.89. The van der Waals surface area contributed by atoms with Gasteiger partial charge in [0, 0.05) is 43.0 Å². The summed E-state index contributed by atoms with van der Waals surface area (Å²) in [6.07, 6.45) is 3.19. The fourth-order valence-corrected chi connectivity index (χ4v) is 5.92. The SMILES string of the molecule is COc1ccc(-c2cnc3ncnn3c2N2CCN(S(=O)(=O)c3cccc(Cl)c3)CC2)cc1OC. The van der Waals surface area contributed by atoms with Crippen LogP contribution in [0.2, 0.25) is 5.02 Å². The van der Waals surface area contributed by atoms with Crippen LogP contribution >= 0.6 is 11.6 Å². The molecule has 35 heavy (non-hydrogen) atoms. The van der Waals surface area contributed by atoms with Crippen LogP contribution < -0.4 is 14.4 Å². The van der Waals surface area contributed by atoms with Gasteiger partial charge in [0.2, 0.25) is 10.0 Å². The largest absolute Gasteiger partial charge is 0.493 e. The number of fused-ring (bicyclic) bond motifs is 1. The van der Waals surface area contributed by atoms with Crippen LogP contribution in [0.25, 0.3) is 16.9 Å². The highest BCUT2D eigenvalue weighted by atomic mass is 35.5. The minimum Gasteiger partial charge on any atom is -0.493 e. The summed E-state index contributed by atoms with van der Waals surface area (Å²) in [4.78, 5) is 11.0. The number of anilines is 1. The van der Waals surface area contributed by atoms with Crippen molar-refractivity contribution in [2.24, 2.45) is 0 Å². The third kappa shape index (κ3) is 4.26. The molecular weight excluding hydrogens is 492 g/mol. The second-order valence-corrected chi connectivity index (χ2v) is 10.3. The van der Waals surface area contributed by atoms with Gasteiger partial charge in [0.15, 0.2) is 11.5 Å².